The van der Waals surface area contributed by atoms with Crippen molar-refractivity contribution in [2.45, 2.75) is 298 Å². The molecule has 9 heterocycles. The summed E-state index contributed by atoms with van der Waals surface area (Å²) in [4.78, 5) is 13.0. The van der Waals surface area contributed by atoms with E-state index in [9.17, 15) is 132 Å². The largest absolute Gasteiger partial charge is 0.477 e. The predicted octanol–water partition coefficient (Wildman–Crippen LogP) is -15.3. The summed E-state index contributed by atoms with van der Waals surface area (Å²) >= 11 is 0. The lowest BCUT2D eigenvalue weighted by Crippen LogP contribution is -2.70. The number of carboxylic acid groups (broad SMARTS) is 1. The summed E-state index contributed by atoms with van der Waals surface area (Å²) in [5.41, 5.74) is 5.99. The first-order chi connectivity index (χ1) is 50.1. The maximum absolute atomic E-state index is 13.0. The monoisotopic (exact) mass is 1550 g/mol. The number of aliphatic carboxylic acids is 1. The summed E-state index contributed by atoms with van der Waals surface area (Å²) in [6, 6.07) is -1.62. The quantitative estimate of drug-likeness (QED) is 0.0346. The van der Waals surface area contributed by atoms with E-state index in [0.29, 0.717) is 0 Å². The van der Waals surface area contributed by atoms with Crippen LogP contribution in [0.3, 0.4) is 0 Å². The molecule has 44 nitrogen and oxygen atoms in total. The Morgan fingerprint density at radius 2 is 0.736 bits per heavy atom. The standard InChI is InChI=1S/C62H107NO43/c1-16-20(5)91-27(12-69)46(33(16)75)99-55-18(3)34(76)47(28(13-70)96-55)100-57-44(86)50(102-60-53(43(85)39(81)25(10-67)95-60)104-54-17(2)32(74)37(79)23(8-65)92-54)41(83)30(98-57)15-90-59-52(42(84)38(80)24(9-66)94-59)103-56-19(4)35(77)48(29(14-71)97-56)101-58-45(87)51(40(82)26(11-68)93-58)106-62(61(88)89)6-21(72)31(63)49(105-62)36(78)22(73)7-64/h16-60,64-87H,6-15,63H2,1-5H3,(H,88,89)/t16?,17-,18?,19?,20-,21+,22+,23?,24?,25+,26?,27?,28?,29-,30?,31+,32?,33+,34+,35?,36+,37+,38+,39+,40-,41+,42?,43?,44+,45-,46+,47+,48+,49?,50?,51?,52+,53?,54-,55-,56-,57-,58-,59-,60+,62-/m0/s1. The van der Waals surface area contributed by atoms with Crippen LogP contribution in [0.1, 0.15) is 41.0 Å². The van der Waals surface area contributed by atoms with Gasteiger partial charge >= 0.3 is 5.97 Å². The number of carbonyl (C=O) groups is 1. The minimum absolute atomic E-state index is 0.528. The molecule has 46 atom stereocenters. The zero-order valence-electron chi connectivity index (χ0n) is 58.2. The number of nitrogens with two attached hydrogens (primary N) is 1. The topological polar surface area (TPSA) is 706 Å². The fourth-order valence-electron chi connectivity index (χ4n) is 14.5. The van der Waals surface area contributed by atoms with E-state index in [2.05, 4.69) is 0 Å². The molecule has 9 saturated heterocycles. The SMILES string of the molecule is CC1C(O)[C@H](O[C@@H]2OC(CO)[C@H](O)C(O[C@]3(C(=O)O)C[C@@H](O)[C@@H](N)C([C@H](O)[C@H](O)CO)O3)[C@@H]2O)[C@H](CO)O[C@H]1O[C@@H]1C(O)[C@H](O)C(CO)O[C@@H]1OCC1O[C@@H](O[C@@H]2C(CO)O[C@@H](O[C@@H]3C(CO)O[C@@H](C)C(C)[C@H]3O)C(C)[C@H]2O)[C@H](O)C(O[C@H]2O[C@H](CO)[C@@H](O)C(O)C2O[C@@H]2OC(CO)[C@@H](O)C(O)[C@@H]2C)[C@@H]1O. The van der Waals surface area contributed by atoms with Crippen molar-refractivity contribution in [3.63, 3.8) is 0 Å². The van der Waals surface area contributed by atoms with E-state index < -0.39 is 353 Å². The van der Waals surface area contributed by atoms with Gasteiger partial charge < -0.3 is 214 Å². The van der Waals surface area contributed by atoms with Crippen molar-refractivity contribution in [1.29, 1.82) is 0 Å². The van der Waals surface area contributed by atoms with E-state index in [1.807, 2.05) is 0 Å². The molecule has 44 heteroatoms. The first-order valence-corrected chi connectivity index (χ1v) is 35.0. The number of hydrogen-bond donors (Lipinski definition) is 26. The van der Waals surface area contributed by atoms with E-state index in [0.717, 1.165) is 0 Å². The molecule has 0 amide bonds. The molecule has 17 unspecified atom stereocenters. The van der Waals surface area contributed by atoms with Crippen molar-refractivity contribution < 1.29 is 213 Å². The minimum Gasteiger partial charge on any atom is -0.477 e. The second kappa shape index (κ2) is 37.4. The highest BCUT2D eigenvalue weighted by Crippen LogP contribution is 2.43. The zero-order valence-corrected chi connectivity index (χ0v) is 58.2. The van der Waals surface area contributed by atoms with Gasteiger partial charge in [0, 0.05) is 30.1 Å². The highest BCUT2D eigenvalue weighted by atomic mass is 16.8. The van der Waals surface area contributed by atoms with Crippen molar-refractivity contribution in [3.8, 4) is 0 Å². The number of aliphatic hydroxyl groups excluding tert-OH is 24. The van der Waals surface area contributed by atoms with Crippen molar-refractivity contribution in [2.24, 2.45) is 29.4 Å². The summed E-state index contributed by atoms with van der Waals surface area (Å²) < 4.78 is 102. The van der Waals surface area contributed by atoms with Gasteiger partial charge in [-0.3, -0.25) is 0 Å². The summed E-state index contributed by atoms with van der Waals surface area (Å²) in [5, 5.41) is 275. The molecule has 618 valence electrons. The van der Waals surface area contributed by atoms with Gasteiger partial charge in [0.15, 0.2) is 44.0 Å². The third-order valence-electron chi connectivity index (χ3n) is 21.5. The molecule has 9 fully saturated rings. The molecule has 0 radical (unpaired) electrons. The lowest BCUT2D eigenvalue weighted by molar-refractivity contribution is -0.400. The van der Waals surface area contributed by atoms with Gasteiger partial charge in [-0.15, -0.1) is 0 Å². The van der Waals surface area contributed by atoms with E-state index >= 15 is 0 Å². The Labute approximate surface area is 604 Å². The third kappa shape index (κ3) is 18.0. The van der Waals surface area contributed by atoms with Gasteiger partial charge in [0.1, 0.15) is 165 Å². The Kier molecular flexibility index (Phi) is 30.9. The normalized spacial score (nSPS) is 51.9. The van der Waals surface area contributed by atoms with Crippen LogP contribution in [0.4, 0.5) is 0 Å². The molecule has 9 rings (SSSR count). The smallest absolute Gasteiger partial charge is 0.364 e. The van der Waals surface area contributed by atoms with Crippen LogP contribution in [-0.2, 0) is 85.3 Å². The molecule has 27 N–H and O–H groups in total. The summed E-state index contributed by atoms with van der Waals surface area (Å²) in [5.74, 6) is -9.45. The summed E-state index contributed by atoms with van der Waals surface area (Å²) in [6.45, 7) is -1.42. The lowest BCUT2D eigenvalue weighted by atomic mass is 9.88. The second-order valence-corrected chi connectivity index (χ2v) is 28.5. The van der Waals surface area contributed by atoms with E-state index in [1.165, 1.54) is 20.8 Å². The van der Waals surface area contributed by atoms with Gasteiger partial charge in [0.25, 0.3) is 5.79 Å². The van der Waals surface area contributed by atoms with Crippen LogP contribution in [0.5, 0.6) is 0 Å². The highest BCUT2D eigenvalue weighted by molar-refractivity contribution is 5.76. The van der Waals surface area contributed by atoms with Crippen LogP contribution >= 0.6 is 0 Å². The molecule has 106 heavy (non-hydrogen) atoms. The van der Waals surface area contributed by atoms with Crippen LogP contribution in [0, 0.1) is 23.7 Å². The van der Waals surface area contributed by atoms with E-state index in [1.54, 1.807) is 13.8 Å². The van der Waals surface area contributed by atoms with Gasteiger partial charge in [-0.1, -0.05) is 27.7 Å². The molecule has 0 spiro atoms. The number of hydrogen-bond acceptors (Lipinski definition) is 43. The van der Waals surface area contributed by atoms with Crippen molar-refractivity contribution in [3.05, 3.63) is 0 Å². The molecule has 0 bridgehead atoms. The van der Waals surface area contributed by atoms with Gasteiger partial charge in [-0.25, -0.2) is 4.79 Å². The minimum atomic E-state index is -3.13. The van der Waals surface area contributed by atoms with Gasteiger partial charge in [-0.2, -0.15) is 0 Å². The lowest BCUT2D eigenvalue weighted by Gasteiger charge is -2.51. The van der Waals surface area contributed by atoms with E-state index in [-0.39, 0.29) is 0 Å². The van der Waals surface area contributed by atoms with Crippen LogP contribution in [0.2, 0.25) is 0 Å². The number of aliphatic hydroxyl groups is 24. The Morgan fingerprint density at radius 3 is 1.21 bits per heavy atom. The average molecular weight is 1550 g/mol. The molecule has 0 aromatic heterocycles. The highest BCUT2D eigenvalue weighted by Gasteiger charge is 2.62. The molecule has 9 aliphatic heterocycles. The molecular weight excluding hydrogens is 1450 g/mol. The van der Waals surface area contributed by atoms with Gasteiger partial charge in [-0.05, 0) is 6.92 Å². The number of carboxylic acids is 1. The molecule has 0 aromatic carbocycles. The molecule has 0 aliphatic carbocycles. The Balaban J connectivity index is 0.967. The second-order valence-electron chi connectivity index (χ2n) is 28.5. The van der Waals surface area contributed by atoms with Crippen molar-refractivity contribution >= 4 is 5.97 Å². The maximum Gasteiger partial charge on any atom is 0.364 e. The number of rotatable bonds is 28. The van der Waals surface area contributed by atoms with Crippen LogP contribution in [-0.4, -0.2) is 450 Å². The third-order valence-corrected chi connectivity index (χ3v) is 21.5. The predicted molar refractivity (Wildman–Crippen MR) is 332 cm³/mol. The molecule has 0 aromatic rings. The van der Waals surface area contributed by atoms with Crippen LogP contribution < -0.4 is 5.73 Å². The summed E-state index contributed by atoms with van der Waals surface area (Å²) in [6.07, 6.45) is -75.2. The van der Waals surface area contributed by atoms with Crippen LogP contribution in [0.25, 0.3) is 0 Å². The van der Waals surface area contributed by atoms with Crippen LogP contribution in [0.15, 0.2) is 0 Å². The van der Waals surface area contributed by atoms with Crippen molar-refractivity contribution in [1.82, 2.24) is 0 Å². The molecule has 0 saturated carbocycles. The zero-order chi connectivity index (χ0) is 78.1. The fraction of sp³-hybridized carbons (Fsp3) is 0.984. The van der Waals surface area contributed by atoms with Crippen molar-refractivity contribution in [2.75, 3.05) is 59.5 Å². The first-order valence-electron chi connectivity index (χ1n) is 35.0. The molecular formula is C62H107NO43. The fourth-order valence-corrected chi connectivity index (χ4v) is 14.5. The Morgan fingerprint density at radius 1 is 0.387 bits per heavy atom. The van der Waals surface area contributed by atoms with Gasteiger partial charge in [0.2, 0.25) is 0 Å². The molecule has 9 aliphatic rings. The first kappa shape index (κ1) is 87.8. The Hall–Kier alpha value is -2.21. The number of ether oxygens (including phenoxy) is 17. The average Bonchev–Trinajstić information content (AvgIpc) is 0.760. The van der Waals surface area contributed by atoms with Gasteiger partial charge in [0.05, 0.1) is 102 Å². The Bertz CT molecular complexity index is 2690. The summed E-state index contributed by atoms with van der Waals surface area (Å²) in [7, 11) is 0. The maximum atomic E-state index is 13.0. The van der Waals surface area contributed by atoms with E-state index in [4.69, 9.17) is 86.3 Å².